The van der Waals surface area contributed by atoms with Gasteiger partial charge in [-0.05, 0) is 30.7 Å². The van der Waals surface area contributed by atoms with Crippen molar-refractivity contribution in [2.45, 2.75) is 13.5 Å². The van der Waals surface area contributed by atoms with Gasteiger partial charge in [0.15, 0.2) is 0 Å². The number of rotatable bonds is 4. The number of ether oxygens (including phenoxy) is 1. The summed E-state index contributed by atoms with van der Waals surface area (Å²) < 4.78 is 5.18. The zero-order chi connectivity index (χ0) is 15.2. The van der Waals surface area contributed by atoms with Crippen LogP contribution in [0.25, 0.3) is 0 Å². The first-order chi connectivity index (χ1) is 10.1. The second kappa shape index (κ2) is 6.99. The molecule has 5 heteroatoms. The van der Waals surface area contributed by atoms with Gasteiger partial charge in [-0.15, -0.1) is 0 Å². The summed E-state index contributed by atoms with van der Waals surface area (Å²) in [5.74, 6) is 0.560. The van der Waals surface area contributed by atoms with Crippen molar-refractivity contribution in [1.82, 2.24) is 5.32 Å². The molecular formula is C16H17ClN2O2. The van der Waals surface area contributed by atoms with E-state index in [1.54, 1.807) is 25.3 Å². The van der Waals surface area contributed by atoms with Crippen LogP contribution in [0, 0.1) is 6.92 Å². The number of anilines is 1. The molecule has 0 saturated carbocycles. The van der Waals surface area contributed by atoms with Crippen LogP contribution in [0.4, 0.5) is 10.5 Å². The first-order valence-electron chi connectivity index (χ1n) is 6.52. The van der Waals surface area contributed by atoms with E-state index in [-0.39, 0.29) is 6.03 Å². The highest BCUT2D eigenvalue weighted by molar-refractivity contribution is 6.31. The lowest BCUT2D eigenvalue weighted by Crippen LogP contribution is -2.28. The predicted molar refractivity (Wildman–Crippen MR) is 85.0 cm³/mol. The molecule has 21 heavy (non-hydrogen) atoms. The number of hydrogen-bond acceptors (Lipinski definition) is 2. The van der Waals surface area contributed by atoms with E-state index in [1.165, 1.54) is 5.56 Å². The normalized spacial score (nSPS) is 10.0. The minimum Gasteiger partial charge on any atom is -0.495 e. The van der Waals surface area contributed by atoms with Gasteiger partial charge in [0.2, 0.25) is 0 Å². The van der Waals surface area contributed by atoms with Crippen molar-refractivity contribution in [2.24, 2.45) is 0 Å². The fraction of sp³-hybridized carbons (Fsp3) is 0.188. The van der Waals surface area contributed by atoms with Crippen LogP contribution < -0.4 is 15.4 Å². The molecule has 0 aliphatic carbocycles. The topological polar surface area (TPSA) is 50.4 Å². The molecule has 0 heterocycles. The highest BCUT2D eigenvalue weighted by atomic mass is 35.5. The van der Waals surface area contributed by atoms with Gasteiger partial charge >= 0.3 is 6.03 Å². The van der Waals surface area contributed by atoms with E-state index in [0.29, 0.717) is 23.0 Å². The largest absolute Gasteiger partial charge is 0.495 e. The molecule has 0 aliphatic rings. The summed E-state index contributed by atoms with van der Waals surface area (Å²) in [6.07, 6.45) is 0. The molecule has 110 valence electrons. The zero-order valence-corrected chi connectivity index (χ0v) is 12.7. The van der Waals surface area contributed by atoms with Gasteiger partial charge in [0.25, 0.3) is 0 Å². The van der Waals surface area contributed by atoms with Crippen LogP contribution in [-0.2, 0) is 6.54 Å². The average Bonchev–Trinajstić information content (AvgIpc) is 2.47. The van der Waals surface area contributed by atoms with Crippen LogP contribution in [0.3, 0.4) is 0 Å². The summed E-state index contributed by atoms with van der Waals surface area (Å²) in [5.41, 5.74) is 2.76. The summed E-state index contributed by atoms with van der Waals surface area (Å²) in [6, 6.07) is 12.7. The monoisotopic (exact) mass is 304 g/mol. The van der Waals surface area contributed by atoms with Crippen LogP contribution >= 0.6 is 11.6 Å². The number of hydrogen-bond donors (Lipinski definition) is 2. The molecule has 0 bridgehead atoms. The first kappa shape index (κ1) is 15.2. The summed E-state index contributed by atoms with van der Waals surface area (Å²) in [4.78, 5) is 11.9. The van der Waals surface area contributed by atoms with Crippen LogP contribution in [0.15, 0.2) is 42.5 Å². The Labute approximate surface area is 129 Å². The lowest BCUT2D eigenvalue weighted by molar-refractivity contribution is 0.251. The Balaban J connectivity index is 1.95. The summed E-state index contributed by atoms with van der Waals surface area (Å²) in [7, 11) is 1.54. The Morgan fingerprint density at radius 2 is 1.90 bits per heavy atom. The van der Waals surface area contributed by atoms with Crippen molar-refractivity contribution in [3.63, 3.8) is 0 Å². The van der Waals surface area contributed by atoms with Gasteiger partial charge in [-0.25, -0.2) is 4.79 Å². The molecule has 2 aromatic rings. The van der Waals surface area contributed by atoms with Crippen molar-refractivity contribution in [3.05, 3.63) is 58.6 Å². The van der Waals surface area contributed by atoms with Crippen molar-refractivity contribution in [2.75, 3.05) is 12.4 Å². The van der Waals surface area contributed by atoms with E-state index in [2.05, 4.69) is 10.6 Å². The van der Waals surface area contributed by atoms with Gasteiger partial charge in [0, 0.05) is 11.6 Å². The Morgan fingerprint density at radius 3 is 2.57 bits per heavy atom. The van der Waals surface area contributed by atoms with Gasteiger partial charge in [-0.2, -0.15) is 0 Å². The van der Waals surface area contributed by atoms with E-state index in [9.17, 15) is 4.79 Å². The molecule has 0 aliphatic heterocycles. The highest BCUT2D eigenvalue weighted by Gasteiger charge is 2.07. The molecule has 0 aromatic heterocycles. The van der Waals surface area contributed by atoms with Gasteiger partial charge < -0.3 is 15.4 Å². The molecule has 4 nitrogen and oxygen atoms in total. The lowest BCUT2D eigenvalue weighted by Gasteiger charge is -2.11. The zero-order valence-electron chi connectivity index (χ0n) is 11.9. The third-order valence-corrected chi connectivity index (χ3v) is 3.22. The van der Waals surface area contributed by atoms with E-state index < -0.39 is 0 Å². The molecule has 0 spiro atoms. The fourth-order valence-electron chi connectivity index (χ4n) is 1.83. The van der Waals surface area contributed by atoms with E-state index in [4.69, 9.17) is 16.3 Å². The fourth-order valence-corrected chi connectivity index (χ4v) is 2.00. The smallest absolute Gasteiger partial charge is 0.319 e. The molecule has 0 unspecified atom stereocenters. The molecule has 2 amide bonds. The second-order valence-corrected chi connectivity index (χ2v) is 5.07. The molecule has 0 saturated heterocycles. The number of benzene rings is 2. The minimum absolute atomic E-state index is 0.309. The van der Waals surface area contributed by atoms with Crippen molar-refractivity contribution in [1.29, 1.82) is 0 Å². The van der Waals surface area contributed by atoms with Crippen LogP contribution in [-0.4, -0.2) is 13.1 Å². The lowest BCUT2D eigenvalue weighted by atomic mass is 10.1. The Bertz CT molecular complexity index is 627. The third kappa shape index (κ3) is 4.39. The SMILES string of the molecule is COc1ccc(Cl)cc1NC(=O)NCc1ccc(C)cc1. The number of urea groups is 1. The van der Waals surface area contributed by atoms with Crippen molar-refractivity contribution >= 4 is 23.3 Å². The maximum atomic E-state index is 11.9. The molecule has 0 radical (unpaired) electrons. The number of aryl methyl sites for hydroxylation is 1. The molecule has 2 N–H and O–H groups in total. The standard InChI is InChI=1S/C16H17ClN2O2/c1-11-3-5-12(6-4-11)10-18-16(20)19-14-9-13(17)7-8-15(14)21-2/h3-9H,10H2,1-2H3,(H2,18,19,20). The number of halogens is 1. The number of carbonyl (C=O) groups excluding carboxylic acids is 1. The Morgan fingerprint density at radius 1 is 1.19 bits per heavy atom. The molecule has 2 rings (SSSR count). The van der Waals surface area contributed by atoms with E-state index in [1.807, 2.05) is 31.2 Å². The van der Waals surface area contributed by atoms with E-state index in [0.717, 1.165) is 5.56 Å². The molecule has 0 atom stereocenters. The van der Waals surface area contributed by atoms with Crippen LogP contribution in [0.2, 0.25) is 5.02 Å². The van der Waals surface area contributed by atoms with E-state index >= 15 is 0 Å². The summed E-state index contributed by atoms with van der Waals surface area (Å²) >= 11 is 5.92. The maximum absolute atomic E-state index is 11.9. The summed E-state index contributed by atoms with van der Waals surface area (Å²) in [6.45, 7) is 2.48. The van der Waals surface area contributed by atoms with Gasteiger partial charge in [0.1, 0.15) is 5.75 Å². The van der Waals surface area contributed by atoms with Crippen molar-refractivity contribution in [3.8, 4) is 5.75 Å². The molecular weight excluding hydrogens is 288 g/mol. The predicted octanol–water partition coefficient (Wildman–Crippen LogP) is 3.98. The van der Waals surface area contributed by atoms with Gasteiger partial charge in [-0.1, -0.05) is 41.4 Å². The van der Waals surface area contributed by atoms with Crippen LogP contribution in [0.5, 0.6) is 5.75 Å². The molecule has 0 fully saturated rings. The minimum atomic E-state index is -0.309. The summed E-state index contributed by atoms with van der Waals surface area (Å²) in [5, 5.41) is 6.05. The third-order valence-electron chi connectivity index (χ3n) is 2.98. The van der Waals surface area contributed by atoms with Crippen molar-refractivity contribution < 1.29 is 9.53 Å². The van der Waals surface area contributed by atoms with Crippen LogP contribution in [0.1, 0.15) is 11.1 Å². The first-order valence-corrected chi connectivity index (χ1v) is 6.90. The number of carbonyl (C=O) groups is 1. The quantitative estimate of drug-likeness (QED) is 0.897. The average molecular weight is 305 g/mol. The highest BCUT2D eigenvalue weighted by Crippen LogP contribution is 2.27. The van der Waals surface area contributed by atoms with Gasteiger partial charge in [-0.3, -0.25) is 0 Å². The van der Waals surface area contributed by atoms with Gasteiger partial charge in [0.05, 0.1) is 12.8 Å². The number of nitrogens with one attached hydrogen (secondary N) is 2. The molecule has 2 aromatic carbocycles. The number of methoxy groups -OCH3 is 1. The number of amides is 2. The second-order valence-electron chi connectivity index (χ2n) is 4.64. The Hall–Kier alpha value is -2.20. The maximum Gasteiger partial charge on any atom is 0.319 e. The Kier molecular flexibility index (Phi) is 5.06.